The van der Waals surface area contributed by atoms with Crippen LogP contribution in [0.3, 0.4) is 0 Å². The molecule has 0 spiro atoms. The molecule has 2 unspecified atom stereocenters. The SMILES string of the molecule is C=C/C=C\C.C=Cc1cc2c(nc1C=C)CC1CCN(C)CC1C2. The molecule has 1 aliphatic carbocycles. The van der Waals surface area contributed by atoms with Crippen LogP contribution in [0, 0.1) is 11.8 Å². The Balaban J connectivity index is 0.000000368. The molecule has 1 aromatic heterocycles. The van der Waals surface area contributed by atoms with Crippen molar-refractivity contribution >= 4 is 12.2 Å². The summed E-state index contributed by atoms with van der Waals surface area (Å²) in [5.41, 5.74) is 4.83. The Morgan fingerprint density at radius 1 is 1.17 bits per heavy atom. The van der Waals surface area contributed by atoms with E-state index in [-0.39, 0.29) is 0 Å². The second-order valence-electron chi connectivity index (χ2n) is 6.72. The summed E-state index contributed by atoms with van der Waals surface area (Å²) in [4.78, 5) is 7.27. The summed E-state index contributed by atoms with van der Waals surface area (Å²) in [5, 5.41) is 0. The van der Waals surface area contributed by atoms with Crippen LogP contribution in [0.15, 0.2) is 44.0 Å². The normalized spacial score (nSPS) is 22.8. The van der Waals surface area contributed by atoms with Crippen LogP contribution in [0.2, 0.25) is 0 Å². The highest BCUT2D eigenvalue weighted by atomic mass is 15.1. The number of aromatic nitrogens is 1. The van der Waals surface area contributed by atoms with Crippen LogP contribution in [0.5, 0.6) is 0 Å². The van der Waals surface area contributed by atoms with Gasteiger partial charge >= 0.3 is 0 Å². The number of likely N-dealkylation sites (tertiary alicyclic amines) is 1. The van der Waals surface area contributed by atoms with Crippen LogP contribution >= 0.6 is 0 Å². The number of fused-ring (bicyclic) bond motifs is 2. The van der Waals surface area contributed by atoms with Crippen molar-refractivity contribution in [3.8, 4) is 0 Å². The van der Waals surface area contributed by atoms with E-state index in [0.717, 1.165) is 29.5 Å². The van der Waals surface area contributed by atoms with Gasteiger partial charge in [-0.3, -0.25) is 4.98 Å². The smallest absolute Gasteiger partial charge is 0.0699 e. The van der Waals surface area contributed by atoms with Crippen molar-refractivity contribution in [1.82, 2.24) is 9.88 Å². The average molecular weight is 322 g/mol. The quantitative estimate of drug-likeness (QED) is 0.744. The molecule has 1 aliphatic heterocycles. The molecule has 24 heavy (non-hydrogen) atoms. The van der Waals surface area contributed by atoms with Gasteiger partial charge in [-0.25, -0.2) is 0 Å². The van der Waals surface area contributed by atoms with Crippen molar-refractivity contribution in [2.24, 2.45) is 11.8 Å². The van der Waals surface area contributed by atoms with Crippen molar-refractivity contribution < 1.29 is 0 Å². The van der Waals surface area contributed by atoms with Crippen molar-refractivity contribution in [2.45, 2.75) is 26.2 Å². The number of piperidine rings is 1. The third-order valence-corrected chi connectivity index (χ3v) is 5.03. The molecule has 1 aromatic rings. The molecule has 0 bridgehead atoms. The van der Waals surface area contributed by atoms with Gasteiger partial charge in [-0.2, -0.15) is 0 Å². The molecule has 128 valence electrons. The molecule has 2 heteroatoms. The van der Waals surface area contributed by atoms with E-state index in [1.165, 1.54) is 37.2 Å². The summed E-state index contributed by atoms with van der Waals surface area (Å²) < 4.78 is 0. The topological polar surface area (TPSA) is 16.1 Å². The highest BCUT2D eigenvalue weighted by molar-refractivity contribution is 5.62. The fourth-order valence-electron chi connectivity index (χ4n) is 3.74. The monoisotopic (exact) mass is 322 g/mol. The van der Waals surface area contributed by atoms with Crippen molar-refractivity contribution in [3.05, 3.63) is 66.5 Å². The summed E-state index contributed by atoms with van der Waals surface area (Å²) in [6.07, 6.45) is 12.9. The van der Waals surface area contributed by atoms with E-state index in [2.05, 4.69) is 37.8 Å². The molecular formula is C22H30N2. The first-order chi connectivity index (χ1) is 11.6. The third kappa shape index (κ3) is 4.33. The van der Waals surface area contributed by atoms with Gasteiger partial charge in [0.1, 0.15) is 0 Å². The Labute approximate surface area is 147 Å². The zero-order valence-corrected chi connectivity index (χ0v) is 15.2. The molecule has 0 saturated carbocycles. The zero-order valence-electron chi connectivity index (χ0n) is 15.2. The standard InChI is InChI=1S/C17H22N2.C5H8/c1-4-12-8-14-9-15-11-19(3)7-6-13(15)10-17(14)18-16(12)5-2;1-3-5-4-2/h4-5,8,13,15H,1-2,6-7,9-11H2,3H3;3-5H,1H2,2H3/b;5-4-. The molecule has 0 radical (unpaired) electrons. The minimum Gasteiger partial charge on any atom is -0.306 e. The third-order valence-electron chi connectivity index (χ3n) is 5.03. The lowest BCUT2D eigenvalue weighted by Gasteiger charge is -2.40. The molecule has 2 heterocycles. The predicted molar refractivity (Wildman–Crippen MR) is 106 cm³/mol. The Kier molecular flexibility index (Phi) is 6.74. The number of allylic oxidation sites excluding steroid dienone is 3. The molecule has 0 amide bonds. The summed E-state index contributed by atoms with van der Waals surface area (Å²) in [6.45, 7) is 15.6. The first-order valence-electron chi connectivity index (χ1n) is 8.82. The number of nitrogens with zero attached hydrogens (tertiary/aromatic N) is 2. The predicted octanol–water partition coefficient (Wildman–Crippen LogP) is 4.78. The van der Waals surface area contributed by atoms with Crippen molar-refractivity contribution in [1.29, 1.82) is 0 Å². The number of hydrogen-bond acceptors (Lipinski definition) is 2. The van der Waals surface area contributed by atoms with Gasteiger partial charge in [-0.1, -0.05) is 44.0 Å². The van der Waals surface area contributed by atoms with Crippen LogP contribution in [-0.4, -0.2) is 30.0 Å². The van der Waals surface area contributed by atoms with Crippen molar-refractivity contribution in [2.75, 3.05) is 20.1 Å². The summed E-state index contributed by atoms with van der Waals surface area (Å²) >= 11 is 0. The van der Waals surface area contributed by atoms with E-state index in [1.807, 2.05) is 31.2 Å². The Morgan fingerprint density at radius 3 is 2.54 bits per heavy atom. The molecule has 0 N–H and O–H groups in total. The van der Waals surface area contributed by atoms with Crippen LogP contribution in [0.1, 0.15) is 35.9 Å². The molecule has 0 aromatic carbocycles. The number of rotatable bonds is 3. The highest BCUT2D eigenvalue weighted by Crippen LogP contribution is 2.35. The number of pyridine rings is 1. The molecule has 2 atom stereocenters. The number of hydrogen-bond donors (Lipinski definition) is 0. The second-order valence-corrected chi connectivity index (χ2v) is 6.72. The Hall–Kier alpha value is -1.93. The summed E-state index contributed by atoms with van der Waals surface area (Å²) in [5.74, 6) is 1.63. The lowest BCUT2D eigenvalue weighted by molar-refractivity contribution is 0.133. The van der Waals surface area contributed by atoms with Crippen LogP contribution in [0.25, 0.3) is 12.2 Å². The van der Waals surface area contributed by atoms with Gasteiger partial charge in [0, 0.05) is 12.2 Å². The average Bonchev–Trinajstić information content (AvgIpc) is 2.60. The largest absolute Gasteiger partial charge is 0.306 e. The van der Waals surface area contributed by atoms with Gasteiger partial charge in [0.2, 0.25) is 0 Å². The summed E-state index contributed by atoms with van der Waals surface area (Å²) in [7, 11) is 2.24. The fourth-order valence-corrected chi connectivity index (χ4v) is 3.74. The van der Waals surface area contributed by atoms with Gasteiger partial charge in [-0.05, 0) is 74.9 Å². The van der Waals surface area contributed by atoms with Crippen LogP contribution in [-0.2, 0) is 12.8 Å². The van der Waals surface area contributed by atoms with E-state index in [0.29, 0.717) is 0 Å². The molecule has 2 nitrogen and oxygen atoms in total. The van der Waals surface area contributed by atoms with Gasteiger partial charge in [0.15, 0.2) is 0 Å². The van der Waals surface area contributed by atoms with Crippen LogP contribution < -0.4 is 0 Å². The van der Waals surface area contributed by atoms with Crippen LogP contribution in [0.4, 0.5) is 0 Å². The van der Waals surface area contributed by atoms with Gasteiger partial charge in [-0.15, -0.1) is 0 Å². The maximum Gasteiger partial charge on any atom is 0.0699 e. The maximum atomic E-state index is 4.81. The molecule has 1 fully saturated rings. The molecular weight excluding hydrogens is 292 g/mol. The van der Waals surface area contributed by atoms with Gasteiger partial charge in [0.25, 0.3) is 0 Å². The fraction of sp³-hybridized carbons (Fsp3) is 0.409. The molecule has 2 aliphatic rings. The first kappa shape index (κ1) is 18.4. The minimum absolute atomic E-state index is 0.806. The maximum absolute atomic E-state index is 4.81. The van der Waals surface area contributed by atoms with E-state index in [9.17, 15) is 0 Å². The minimum atomic E-state index is 0.806. The first-order valence-corrected chi connectivity index (χ1v) is 8.82. The van der Waals surface area contributed by atoms with E-state index < -0.39 is 0 Å². The Bertz CT molecular complexity index is 627. The van der Waals surface area contributed by atoms with E-state index in [1.54, 1.807) is 6.08 Å². The lowest BCUT2D eigenvalue weighted by Crippen LogP contribution is -2.42. The molecule has 1 saturated heterocycles. The lowest BCUT2D eigenvalue weighted by atomic mass is 9.73. The second kappa shape index (κ2) is 8.79. The van der Waals surface area contributed by atoms with Gasteiger partial charge < -0.3 is 4.90 Å². The molecule has 3 rings (SSSR count). The Morgan fingerprint density at radius 2 is 1.96 bits per heavy atom. The van der Waals surface area contributed by atoms with Crippen molar-refractivity contribution in [3.63, 3.8) is 0 Å². The zero-order chi connectivity index (χ0) is 17.5. The van der Waals surface area contributed by atoms with Gasteiger partial charge in [0.05, 0.1) is 5.69 Å². The van der Waals surface area contributed by atoms with E-state index in [4.69, 9.17) is 4.98 Å². The summed E-state index contributed by atoms with van der Waals surface area (Å²) in [6, 6.07) is 2.27. The highest BCUT2D eigenvalue weighted by Gasteiger charge is 2.33. The van der Waals surface area contributed by atoms with E-state index >= 15 is 0 Å².